The van der Waals surface area contributed by atoms with Crippen LogP contribution in [-0.2, 0) is 4.79 Å². The maximum atomic E-state index is 11.7. The highest BCUT2D eigenvalue weighted by Gasteiger charge is 2.17. The summed E-state index contributed by atoms with van der Waals surface area (Å²) in [5, 5.41) is 4.07. The fraction of sp³-hybridized carbons (Fsp3) is 0.917. The minimum atomic E-state index is 0.248. The largest absolute Gasteiger partial charge is 0.356 e. The van der Waals surface area contributed by atoms with Gasteiger partial charge in [-0.2, -0.15) is 11.8 Å². The predicted molar refractivity (Wildman–Crippen MR) is 75.3 cm³/mol. The summed E-state index contributed by atoms with van der Waals surface area (Å²) in [6.07, 6.45) is 4.30. The lowest BCUT2D eigenvalue weighted by molar-refractivity contribution is -0.122. The summed E-state index contributed by atoms with van der Waals surface area (Å²) in [4.78, 5) is 11.7. The standard InChI is InChI=1S/C12H22BrNOS/c1-10(2-5-13)9-14-12(15)8-11-3-6-16-7-4-11/h10-11H,2-9H2,1H3,(H,14,15). The second-order valence-electron chi connectivity index (χ2n) is 4.65. The highest BCUT2D eigenvalue weighted by atomic mass is 79.9. The third-order valence-corrected chi connectivity index (χ3v) is 4.57. The number of thioether (sulfide) groups is 1. The van der Waals surface area contributed by atoms with Crippen LogP contribution in [-0.4, -0.2) is 29.3 Å². The molecule has 0 aromatic heterocycles. The van der Waals surface area contributed by atoms with E-state index >= 15 is 0 Å². The Kier molecular flexibility index (Phi) is 7.54. The van der Waals surface area contributed by atoms with Crippen LogP contribution >= 0.6 is 27.7 Å². The normalized spacial score (nSPS) is 19.4. The van der Waals surface area contributed by atoms with Gasteiger partial charge in [-0.3, -0.25) is 4.79 Å². The molecule has 1 fully saturated rings. The van der Waals surface area contributed by atoms with E-state index in [4.69, 9.17) is 0 Å². The summed E-state index contributed by atoms with van der Waals surface area (Å²) >= 11 is 5.44. The molecule has 1 aliphatic rings. The van der Waals surface area contributed by atoms with Crippen molar-refractivity contribution in [1.82, 2.24) is 5.32 Å². The lowest BCUT2D eigenvalue weighted by Crippen LogP contribution is -2.30. The van der Waals surface area contributed by atoms with Crippen LogP contribution in [0.5, 0.6) is 0 Å². The van der Waals surface area contributed by atoms with Crippen LogP contribution in [0.15, 0.2) is 0 Å². The summed E-state index contributed by atoms with van der Waals surface area (Å²) < 4.78 is 0. The van der Waals surface area contributed by atoms with Gasteiger partial charge in [0.1, 0.15) is 0 Å². The molecule has 0 aromatic carbocycles. The second-order valence-corrected chi connectivity index (χ2v) is 6.66. The molecule has 1 heterocycles. The van der Waals surface area contributed by atoms with E-state index < -0.39 is 0 Å². The quantitative estimate of drug-likeness (QED) is 0.764. The third kappa shape index (κ3) is 6.14. The number of rotatable bonds is 6. The molecule has 1 atom stereocenters. The van der Waals surface area contributed by atoms with Crippen LogP contribution in [0.25, 0.3) is 0 Å². The van der Waals surface area contributed by atoms with Gasteiger partial charge in [0.05, 0.1) is 0 Å². The Bertz CT molecular complexity index is 207. The molecular weight excluding hydrogens is 286 g/mol. The number of halogens is 1. The van der Waals surface area contributed by atoms with Crippen molar-refractivity contribution in [2.45, 2.75) is 32.6 Å². The van der Waals surface area contributed by atoms with Gasteiger partial charge in [0.15, 0.2) is 0 Å². The summed E-state index contributed by atoms with van der Waals surface area (Å²) in [7, 11) is 0. The van der Waals surface area contributed by atoms with Crippen molar-refractivity contribution >= 4 is 33.6 Å². The number of carbonyl (C=O) groups is 1. The molecule has 0 spiro atoms. The fourth-order valence-corrected chi connectivity index (χ4v) is 3.85. The molecule has 1 rings (SSSR count). The van der Waals surface area contributed by atoms with Crippen molar-refractivity contribution in [2.75, 3.05) is 23.4 Å². The van der Waals surface area contributed by atoms with E-state index in [2.05, 4.69) is 28.2 Å². The first-order chi connectivity index (χ1) is 7.72. The van der Waals surface area contributed by atoms with E-state index in [1.807, 2.05) is 11.8 Å². The molecule has 0 bridgehead atoms. The molecule has 1 saturated heterocycles. The first kappa shape index (κ1) is 14.4. The SMILES string of the molecule is CC(CCBr)CNC(=O)CC1CCSCC1. The van der Waals surface area contributed by atoms with Crippen molar-refractivity contribution in [3.63, 3.8) is 0 Å². The number of nitrogens with one attached hydrogen (secondary N) is 1. The summed E-state index contributed by atoms with van der Waals surface area (Å²) in [5.41, 5.74) is 0. The minimum Gasteiger partial charge on any atom is -0.356 e. The Labute approximate surface area is 111 Å². The smallest absolute Gasteiger partial charge is 0.220 e. The van der Waals surface area contributed by atoms with E-state index in [1.165, 1.54) is 24.3 Å². The molecule has 0 radical (unpaired) electrons. The minimum absolute atomic E-state index is 0.248. The zero-order valence-electron chi connectivity index (χ0n) is 10.0. The summed E-state index contributed by atoms with van der Waals surface area (Å²) in [5.74, 6) is 3.92. The van der Waals surface area contributed by atoms with Crippen molar-refractivity contribution in [3.05, 3.63) is 0 Å². The molecule has 0 saturated carbocycles. The van der Waals surface area contributed by atoms with Crippen LogP contribution in [0, 0.1) is 11.8 Å². The van der Waals surface area contributed by atoms with E-state index in [0.29, 0.717) is 11.8 Å². The average molecular weight is 308 g/mol. The molecule has 4 heteroatoms. The fourth-order valence-electron chi connectivity index (χ4n) is 1.86. The number of alkyl halides is 1. The molecule has 94 valence electrons. The second kappa shape index (κ2) is 8.40. The van der Waals surface area contributed by atoms with Crippen LogP contribution in [0.1, 0.15) is 32.6 Å². The van der Waals surface area contributed by atoms with E-state index in [-0.39, 0.29) is 5.91 Å². The number of hydrogen-bond donors (Lipinski definition) is 1. The average Bonchev–Trinajstić information content (AvgIpc) is 2.28. The van der Waals surface area contributed by atoms with E-state index in [1.54, 1.807) is 0 Å². The molecule has 0 aliphatic carbocycles. The molecule has 1 amide bonds. The van der Waals surface area contributed by atoms with Crippen molar-refractivity contribution in [1.29, 1.82) is 0 Å². The van der Waals surface area contributed by atoms with Gasteiger partial charge >= 0.3 is 0 Å². The van der Waals surface area contributed by atoms with Crippen LogP contribution in [0.4, 0.5) is 0 Å². The molecule has 16 heavy (non-hydrogen) atoms. The van der Waals surface area contributed by atoms with Gasteiger partial charge in [-0.15, -0.1) is 0 Å². The Balaban J connectivity index is 2.10. The third-order valence-electron chi connectivity index (χ3n) is 3.06. The van der Waals surface area contributed by atoms with Gasteiger partial charge in [-0.25, -0.2) is 0 Å². The number of amides is 1. The van der Waals surface area contributed by atoms with Gasteiger partial charge < -0.3 is 5.32 Å². The maximum Gasteiger partial charge on any atom is 0.220 e. The molecular formula is C12H22BrNOS. The Morgan fingerprint density at radius 3 is 2.81 bits per heavy atom. The van der Waals surface area contributed by atoms with Crippen LogP contribution < -0.4 is 5.32 Å². The molecule has 2 nitrogen and oxygen atoms in total. The zero-order chi connectivity index (χ0) is 11.8. The Morgan fingerprint density at radius 2 is 2.19 bits per heavy atom. The molecule has 1 aliphatic heterocycles. The first-order valence-electron chi connectivity index (χ1n) is 6.12. The summed E-state index contributed by atoms with van der Waals surface area (Å²) in [6, 6.07) is 0. The zero-order valence-corrected chi connectivity index (χ0v) is 12.4. The van der Waals surface area contributed by atoms with Gasteiger partial charge in [0, 0.05) is 18.3 Å². The maximum absolute atomic E-state index is 11.7. The van der Waals surface area contributed by atoms with Crippen molar-refractivity contribution in [3.8, 4) is 0 Å². The summed E-state index contributed by atoms with van der Waals surface area (Å²) in [6.45, 7) is 3.00. The van der Waals surface area contributed by atoms with E-state index in [9.17, 15) is 4.79 Å². The number of carbonyl (C=O) groups excluding carboxylic acids is 1. The van der Waals surface area contributed by atoms with E-state index in [0.717, 1.165) is 24.7 Å². The molecule has 0 aromatic rings. The van der Waals surface area contributed by atoms with Crippen LogP contribution in [0.2, 0.25) is 0 Å². The monoisotopic (exact) mass is 307 g/mol. The topological polar surface area (TPSA) is 29.1 Å². The highest BCUT2D eigenvalue weighted by molar-refractivity contribution is 9.09. The lowest BCUT2D eigenvalue weighted by atomic mass is 9.98. The van der Waals surface area contributed by atoms with Gasteiger partial charge in [-0.05, 0) is 42.6 Å². The van der Waals surface area contributed by atoms with Gasteiger partial charge in [-0.1, -0.05) is 22.9 Å². The van der Waals surface area contributed by atoms with Gasteiger partial charge in [0.25, 0.3) is 0 Å². The molecule has 1 N–H and O–H groups in total. The Morgan fingerprint density at radius 1 is 1.50 bits per heavy atom. The Hall–Kier alpha value is 0.300. The number of hydrogen-bond acceptors (Lipinski definition) is 2. The highest BCUT2D eigenvalue weighted by Crippen LogP contribution is 2.25. The van der Waals surface area contributed by atoms with Crippen molar-refractivity contribution in [2.24, 2.45) is 11.8 Å². The van der Waals surface area contributed by atoms with Crippen LogP contribution in [0.3, 0.4) is 0 Å². The van der Waals surface area contributed by atoms with Gasteiger partial charge in [0.2, 0.25) is 5.91 Å². The molecule has 1 unspecified atom stereocenters. The predicted octanol–water partition coefficient (Wildman–Crippen LogP) is 3.06. The lowest BCUT2D eigenvalue weighted by Gasteiger charge is -2.21. The first-order valence-corrected chi connectivity index (χ1v) is 8.40. The van der Waals surface area contributed by atoms with Crippen molar-refractivity contribution < 1.29 is 4.79 Å².